The van der Waals surface area contributed by atoms with Crippen LogP contribution in [0.25, 0.3) is 0 Å². The molecule has 2 aliphatic rings. The maximum absolute atomic E-state index is 13.0. The lowest BCUT2D eigenvalue weighted by Crippen LogP contribution is -2.52. The van der Waals surface area contributed by atoms with Crippen molar-refractivity contribution in [2.24, 2.45) is 0 Å². The molecule has 0 spiro atoms. The van der Waals surface area contributed by atoms with Crippen molar-refractivity contribution in [2.45, 2.75) is 18.9 Å². The summed E-state index contributed by atoms with van der Waals surface area (Å²) in [4.78, 5) is 30.3. The molecule has 2 saturated heterocycles. The molecular formula is C18H24FN3O3. The van der Waals surface area contributed by atoms with Gasteiger partial charge in [-0.05, 0) is 30.7 Å². The Morgan fingerprint density at radius 2 is 1.80 bits per heavy atom. The Labute approximate surface area is 147 Å². The fourth-order valence-corrected chi connectivity index (χ4v) is 3.50. The van der Waals surface area contributed by atoms with E-state index in [1.165, 1.54) is 17.0 Å². The topological polar surface area (TPSA) is 53.1 Å². The van der Waals surface area contributed by atoms with Gasteiger partial charge in [0.1, 0.15) is 5.82 Å². The highest BCUT2D eigenvalue weighted by atomic mass is 19.1. The maximum atomic E-state index is 13.0. The molecule has 0 N–H and O–H groups in total. The lowest BCUT2D eigenvalue weighted by atomic mass is 10.1. The fourth-order valence-electron chi connectivity index (χ4n) is 3.50. The van der Waals surface area contributed by atoms with Crippen LogP contribution in [-0.2, 0) is 14.3 Å². The summed E-state index contributed by atoms with van der Waals surface area (Å²) >= 11 is 0. The Morgan fingerprint density at radius 3 is 2.44 bits per heavy atom. The molecule has 1 unspecified atom stereocenters. The van der Waals surface area contributed by atoms with Crippen LogP contribution in [0.15, 0.2) is 24.3 Å². The molecule has 2 aliphatic heterocycles. The summed E-state index contributed by atoms with van der Waals surface area (Å²) in [7, 11) is 1.61. The van der Waals surface area contributed by atoms with Crippen LogP contribution in [0.1, 0.15) is 12.8 Å². The van der Waals surface area contributed by atoms with Gasteiger partial charge in [0.2, 0.25) is 11.8 Å². The van der Waals surface area contributed by atoms with Gasteiger partial charge in [0, 0.05) is 52.1 Å². The van der Waals surface area contributed by atoms with Crippen molar-refractivity contribution in [1.29, 1.82) is 0 Å². The standard InChI is InChI=1S/C18H24FN3O3/c1-25-12-2-7-22-17(23)13-16(18(22)24)21-10-8-20(9-11-21)15-5-3-14(19)4-6-15/h3-6,16H,2,7-13H2,1H3. The zero-order chi connectivity index (χ0) is 17.8. The van der Waals surface area contributed by atoms with E-state index < -0.39 is 0 Å². The highest BCUT2D eigenvalue weighted by Crippen LogP contribution is 2.23. The van der Waals surface area contributed by atoms with E-state index in [0.717, 1.165) is 18.8 Å². The molecule has 0 bridgehead atoms. The van der Waals surface area contributed by atoms with Crippen LogP contribution >= 0.6 is 0 Å². The highest BCUT2D eigenvalue weighted by molar-refractivity contribution is 6.05. The molecule has 2 amide bonds. The smallest absolute Gasteiger partial charge is 0.247 e. The van der Waals surface area contributed by atoms with Gasteiger partial charge < -0.3 is 9.64 Å². The predicted octanol–water partition coefficient (Wildman–Crippen LogP) is 1.11. The Kier molecular flexibility index (Phi) is 5.65. The summed E-state index contributed by atoms with van der Waals surface area (Å²) in [5, 5.41) is 0. The molecule has 7 heteroatoms. The molecule has 0 radical (unpaired) electrons. The van der Waals surface area contributed by atoms with Gasteiger partial charge in [0.25, 0.3) is 0 Å². The first kappa shape index (κ1) is 17.8. The van der Waals surface area contributed by atoms with Gasteiger partial charge in [-0.15, -0.1) is 0 Å². The number of ether oxygens (including phenoxy) is 1. The third-order valence-electron chi connectivity index (χ3n) is 4.90. The first-order chi connectivity index (χ1) is 12.1. The number of methoxy groups -OCH3 is 1. The van der Waals surface area contributed by atoms with Crippen molar-refractivity contribution in [3.63, 3.8) is 0 Å². The van der Waals surface area contributed by atoms with E-state index in [1.807, 2.05) is 0 Å². The van der Waals surface area contributed by atoms with Crippen molar-refractivity contribution >= 4 is 17.5 Å². The first-order valence-electron chi connectivity index (χ1n) is 8.68. The number of piperazine rings is 1. The minimum absolute atomic E-state index is 0.0867. The third kappa shape index (κ3) is 3.99. The van der Waals surface area contributed by atoms with Crippen molar-refractivity contribution in [3.8, 4) is 0 Å². The van der Waals surface area contributed by atoms with Crippen LogP contribution in [0, 0.1) is 5.82 Å². The zero-order valence-electron chi connectivity index (χ0n) is 14.5. The normalized spacial score (nSPS) is 22.1. The lowest BCUT2D eigenvalue weighted by molar-refractivity contribution is -0.140. The van der Waals surface area contributed by atoms with E-state index in [-0.39, 0.29) is 30.1 Å². The molecule has 2 fully saturated rings. The summed E-state index contributed by atoms with van der Waals surface area (Å²) in [6.07, 6.45) is 0.932. The second-order valence-electron chi connectivity index (χ2n) is 6.45. The number of halogens is 1. The van der Waals surface area contributed by atoms with E-state index in [4.69, 9.17) is 4.74 Å². The van der Waals surface area contributed by atoms with E-state index in [2.05, 4.69) is 9.80 Å². The molecule has 136 valence electrons. The zero-order valence-corrected chi connectivity index (χ0v) is 14.5. The number of benzene rings is 1. The van der Waals surface area contributed by atoms with Gasteiger partial charge in [-0.3, -0.25) is 19.4 Å². The second kappa shape index (κ2) is 7.93. The van der Waals surface area contributed by atoms with Crippen molar-refractivity contribution in [3.05, 3.63) is 30.1 Å². The number of rotatable bonds is 6. The molecule has 1 aromatic rings. The predicted molar refractivity (Wildman–Crippen MR) is 91.8 cm³/mol. The highest BCUT2D eigenvalue weighted by Gasteiger charge is 2.42. The van der Waals surface area contributed by atoms with Gasteiger partial charge in [-0.25, -0.2) is 4.39 Å². The number of hydrogen-bond donors (Lipinski definition) is 0. The van der Waals surface area contributed by atoms with Crippen LogP contribution < -0.4 is 4.90 Å². The number of likely N-dealkylation sites (tertiary alicyclic amines) is 1. The van der Waals surface area contributed by atoms with Gasteiger partial charge in [-0.1, -0.05) is 0 Å². The first-order valence-corrected chi connectivity index (χ1v) is 8.68. The van der Waals surface area contributed by atoms with Crippen molar-refractivity contribution in [2.75, 3.05) is 51.3 Å². The van der Waals surface area contributed by atoms with E-state index >= 15 is 0 Å². The number of hydrogen-bond acceptors (Lipinski definition) is 5. The maximum Gasteiger partial charge on any atom is 0.247 e. The SMILES string of the molecule is COCCCN1C(=O)CC(N2CCN(c3ccc(F)cc3)CC2)C1=O. The van der Waals surface area contributed by atoms with Crippen molar-refractivity contribution < 1.29 is 18.7 Å². The molecule has 3 rings (SSSR count). The van der Waals surface area contributed by atoms with Gasteiger partial charge in [-0.2, -0.15) is 0 Å². The quantitative estimate of drug-likeness (QED) is 0.569. The Morgan fingerprint density at radius 1 is 1.12 bits per heavy atom. The van der Waals surface area contributed by atoms with E-state index in [1.54, 1.807) is 19.2 Å². The molecule has 0 saturated carbocycles. The summed E-state index contributed by atoms with van der Waals surface area (Å²) in [6.45, 7) is 3.91. The van der Waals surface area contributed by atoms with Crippen LogP contribution in [0.5, 0.6) is 0 Å². The number of carbonyl (C=O) groups excluding carboxylic acids is 2. The molecule has 6 nitrogen and oxygen atoms in total. The van der Waals surface area contributed by atoms with Gasteiger partial charge in [0.15, 0.2) is 0 Å². The molecule has 0 aromatic heterocycles. The Hall–Kier alpha value is -1.99. The van der Waals surface area contributed by atoms with Crippen molar-refractivity contribution in [1.82, 2.24) is 9.80 Å². The van der Waals surface area contributed by atoms with Gasteiger partial charge in [0.05, 0.1) is 12.5 Å². The number of nitrogens with zero attached hydrogens (tertiary/aromatic N) is 3. The molecule has 0 aliphatic carbocycles. The largest absolute Gasteiger partial charge is 0.385 e. The summed E-state index contributed by atoms with van der Waals surface area (Å²) < 4.78 is 18.0. The molecular weight excluding hydrogens is 325 g/mol. The van der Waals surface area contributed by atoms with Crippen LogP contribution in [0.2, 0.25) is 0 Å². The average Bonchev–Trinajstić information content (AvgIpc) is 2.91. The number of imide groups is 1. The summed E-state index contributed by atoms with van der Waals surface area (Å²) in [5.74, 6) is -0.422. The average molecular weight is 349 g/mol. The second-order valence-corrected chi connectivity index (χ2v) is 6.45. The monoisotopic (exact) mass is 349 g/mol. The molecule has 1 aromatic carbocycles. The van der Waals surface area contributed by atoms with E-state index in [0.29, 0.717) is 32.7 Å². The lowest BCUT2D eigenvalue weighted by Gasteiger charge is -2.38. The number of amides is 2. The van der Waals surface area contributed by atoms with Crippen LogP contribution in [0.3, 0.4) is 0 Å². The third-order valence-corrected chi connectivity index (χ3v) is 4.90. The fraction of sp³-hybridized carbons (Fsp3) is 0.556. The van der Waals surface area contributed by atoms with E-state index in [9.17, 15) is 14.0 Å². The molecule has 25 heavy (non-hydrogen) atoms. The number of anilines is 1. The summed E-state index contributed by atoms with van der Waals surface area (Å²) in [5.41, 5.74) is 0.982. The Bertz CT molecular complexity index is 614. The molecule has 1 atom stereocenters. The minimum Gasteiger partial charge on any atom is -0.385 e. The summed E-state index contributed by atoms with van der Waals surface area (Å²) in [6, 6.07) is 6.11. The number of carbonyl (C=O) groups is 2. The van der Waals surface area contributed by atoms with Crippen LogP contribution in [-0.4, -0.2) is 74.1 Å². The Balaban J connectivity index is 1.55. The molecule has 2 heterocycles. The van der Waals surface area contributed by atoms with Gasteiger partial charge >= 0.3 is 0 Å². The minimum atomic E-state index is -0.342. The van der Waals surface area contributed by atoms with Crippen LogP contribution in [0.4, 0.5) is 10.1 Å².